The van der Waals surface area contributed by atoms with Crippen LogP contribution in [-0.4, -0.2) is 193 Å². The predicted molar refractivity (Wildman–Crippen MR) is 424 cm³/mol. The molecule has 3 rings (SSSR count). The largest absolute Gasteiger partial charge is 0.394 e. The van der Waals surface area contributed by atoms with Crippen molar-refractivity contribution in [2.45, 2.75) is 394 Å². The summed E-state index contributed by atoms with van der Waals surface area (Å²) in [6.45, 7) is 1.61. The molecule has 0 aromatic heterocycles. The summed E-state index contributed by atoms with van der Waals surface area (Å²) in [6, 6.07) is -1.00. The lowest BCUT2D eigenvalue weighted by Crippen LogP contribution is -2.66. The zero-order valence-electron chi connectivity index (χ0n) is 65.4. The average Bonchev–Trinajstić information content (AvgIpc) is 0.780. The number of amides is 1. The normalized spacial score (nSPS) is 26.3. The van der Waals surface area contributed by atoms with Crippen LogP contribution in [0, 0.1) is 0 Å². The highest BCUT2D eigenvalue weighted by molar-refractivity contribution is 5.76. The van der Waals surface area contributed by atoms with Gasteiger partial charge in [0.05, 0.1) is 38.6 Å². The van der Waals surface area contributed by atoms with Crippen LogP contribution in [0.5, 0.6) is 0 Å². The third kappa shape index (κ3) is 44.9. The fourth-order valence-electron chi connectivity index (χ4n) is 13.3. The maximum atomic E-state index is 13.5. The predicted octanol–water partition coefficient (Wildman–Crippen LogP) is 14.7. The fourth-order valence-corrected chi connectivity index (χ4v) is 13.3. The molecule has 0 saturated carbocycles. The third-order valence-corrected chi connectivity index (χ3v) is 20.0. The molecule has 610 valence electrons. The first-order chi connectivity index (χ1) is 51.8. The molecule has 12 N–H and O–H groups in total. The van der Waals surface area contributed by atoms with Gasteiger partial charge in [-0.3, -0.25) is 4.79 Å². The van der Waals surface area contributed by atoms with E-state index >= 15 is 0 Å². The fraction of sp³-hybridized carbons (Fsp3) is 0.759. The molecule has 3 aliphatic heterocycles. The summed E-state index contributed by atoms with van der Waals surface area (Å²) in [5, 5.41) is 121. The molecule has 0 aromatic rings. The molecule has 106 heavy (non-hydrogen) atoms. The van der Waals surface area contributed by atoms with Gasteiger partial charge in [0.1, 0.15) is 73.2 Å². The average molecular weight is 1500 g/mol. The summed E-state index contributed by atoms with van der Waals surface area (Å²) in [7, 11) is 0. The number of carbonyl (C=O) groups excluding carboxylic acids is 1. The Morgan fingerprint density at radius 1 is 0.349 bits per heavy atom. The minimum absolute atomic E-state index is 0.227. The number of carbonyl (C=O) groups is 1. The molecule has 3 aliphatic rings. The molecule has 0 radical (unpaired) electrons. The third-order valence-electron chi connectivity index (χ3n) is 20.0. The number of unbranched alkanes of at least 4 members (excludes halogenated alkanes) is 31. The van der Waals surface area contributed by atoms with Crippen molar-refractivity contribution in [1.29, 1.82) is 0 Å². The van der Waals surface area contributed by atoms with E-state index in [0.29, 0.717) is 12.8 Å². The monoisotopic (exact) mass is 1500 g/mol. The molecule has 0 aromatic carbocycles. The van der Waals surface area contributed by atoms with Crippen LogP contribution < -0.4 is 5.32 Å². The Kier molecular flexibility index (Phi) is 59.9. The number of allylic oxidation sites excluding steroid dienone is 19. The topological polar surface area (TPSA) is 307 Å². The maximum Gasteiger partial charge on any atom is 0.220 e. The molecule has 3 fully saturated rings. The van der Waals surface area contributed by atoms with E-state index in [-0.39, 0.29) is 18.9 Å². The number of hydrogen-bond donors (Lipinski definition) is 12. The van der Waals surface area contributed by atoms with Crippen molar-refractivity contribution in [1.82, 2.24) is 5.32 Å². The Hall–Kier alpha value is -3.81. The van der Waals surface area contributed by atoms with E-state index in [1.807, 2.05) is 6.08 Å². The molecule has 19 nitrogen and oxygen atoms in total. The standard InChI is InChI=1S/C87H149NO18/c1-3-5-7-9-11-13-15-17-19-21-23-25-27-28-29-30-31-32-33-34-35-36-37-38-39-40-41-42-43-45-47-49-51-53-55-57-59-61-63-65-75(93)88-70(71(92)64-62-60-58-56-54-52-50-48-46-44-26-24-22-20-18-16-14-12-10-8-6-4-2)69-101-85-81(99)78(96)83(73(67-90)103-85)106-87-82(100)79(97)84(74(68-91)104-87)105-86-80(98)77(95)76(94)72(66-89)102-86/h5,7,11,13,17,19,23,25,28-29,31-32,34-35,46,48,54,56,62,64,70-74,76-87,89-92,94-100H,3-4,6,8-10,12,14-16,18,20-22,24,26-27,30,33,36-45,47,49-53,55,57-61,63,65-69H2,1-2H3,(H,88,93)/b7-5-,13-11-,19-17-,25-23-,29-28-,32-31-,35-34-,48-46+,56-54+,64-62+. The molecule has 0 bridgehead atoms. The van der Waals surface area contributed by atoms with Gasteiger partial charge in [-0.25, -0.2) is 0 Å². The van der Waals surface area contributed by atoms with Crippen LogP contribution in [0.25, 0.3) is 0 Å². The number of rotatable bonds is 65. The van der Waals surface area contributed by atoms with E-state index < -0.39 is 124 Å². The van der Waals surface area contributed by atoms with E-state index in [9.17, 15) is 61.0 Å². The van der Waals surface area contributed by atoms with Crippen LogP contribution in [0.3, 0.4) is 0 Å². The van der Waals surface area contributed by atoms with Crippen molar-refractivity contribution in [2.24, 2.45) is 0 Å². The first-order valence-electron chi connectivity index (χ1n) is 41.8. The smallest absolute Gasteiger partial charge is 0.220 e. The van der Waals surface area contributed by atoms with Gasteiger partial charge >= 0.3 is 0 Å². The van der Waals surface area contributed by atoms with E-state index in [4.69, 9.17) is 28.4 Å². The highest BCUT2D eigenvalue weighted by Gasteiger charge is 2.54. The zero-order valence-corrected chi connectivity index (χ0v) is 65.4. The summed E-state index contributed by atoms with van der Waals surface area (Å²) in [6.07, 6.45) is 66.2. The van der Waals surface area contributed by atoms with Gasteiger partial charge in [-0.05, 0) is 103 Å². The number of nitrogens with one attached hydrogen (secondary N) is 1. The molecule has 3 saturated heterocycles. The van der Waals surface area contributed by atoms with E-state index in [1.54, 1.807) is 6.08 Å². The van der Waals surface area contributed by atoms with Crippen molar-refractivity contribution in [3.63, 3.8) is 0 Å². The van der Waals surface area contributed by atoms with E-state index in [2.05, 4.69) is 129 Å². The Balaban J connectivity index is 1.34. The Labute approximate surface area is 639 Å². The van der Waals surface area contributed by atoms with E-state index in [0.717, 1.165) is 89.9 Å². The van der Waals surface area contributed by atoms with Crippen LogP contribution in [0.2, 0.25) is 0 Å². The second kappa shape index (κ2) is 65.9. The van der Waals surface area contributed by atoms with Crippen molar-refractivity contribution in [3.8, 4) is 0 Å². The lowest BCUT2D eigenvalue weighted by molar-refractivity contribution is -0.379. The second-order valence-corrected chi connectivity index (χ2v) is 29.2. The molecule has 1 amide bonds. The first-order valence-corrected chi connectivity index (χ1v) is 41.8. The van der Waals surface area contributed by atoms with Gasteiger partial charge in [0.25, 0.3) is 0 Å². The summed E-state index contributed by atoms with van der Waals surface area (Å²) >= 11 is 0. The van der Waals surface area contributed by atoms with Gasteiger partial charge in [-0.2, -0.15) is 0 Å². The number of ether oxygens (including phenoxy) is 6. The van der Waals surface area contributed by atoms with Crippen molar-refractivity contribution in [3.05, 3.63) is 122 Å². The molecule has 0 spiro atoms. The van der Waals surface area contributed by atoms with Crippen molar-refractivity contribution >= 4 is 5.91 Å². The molecule has 3 heterocycles. The van der Waals surface area contributed by atoms with Gasteiger partial charge < -0.3 is 89.9 Å². The Morgan fingerprint density at radius 3 is 1.06 bits per heavy atom. The van der Waals surface area contributed by atoms with Gasteiger partial charge in [0.15, 0.2) is 18.9 Å². The SMILES string of the molecule is CC/C=C\C/C=C\C/C=C\C/C=C\C/C=C\C/C=C\C/C=C\CCCCCCCCCCCCCCCCCCCC(=O)NC(COC1OC(CO)C(OC2OC(CO)C(OC3OC(CO)C(O)C(O)C3O)C(O)C2O)C(O)C1O)C(O)/C=C/CC/C=C/CC/C=C/CCCCCCCCCCCCCC. The van der Waals surface area contributed by atoms with Crippen LogP contribution >= 0.6 is 0 Å². The Morgan fingerprint density at radius 2 is 0.660 bits per heavy atom. The number of aliphatic hydroxyl groups is 11. The maximum absolute atomic E-state index is 13.5. The quantitative estimate of drug-likeness (QED) is 0.0199. The molecule has 17 atom stereocenters. The molecule has 0 aliphatic carbocycles. The van der Waals surface area contributed by atoms with Crippen LogP contribution in [0.15, 0.2) is 122 Å². The zero-order chi connectivity index (χ0) is 76.7. The van der Waals surface area contributed by atoms with Gasteiger partial charge in [-0.1, -0.05) is 302 Å². The summed E-state index contributed by atoms with van der Waals surface area (Å²) in [5.74, 6) is -0.290. The second-order valence-electron chi connectivity index (χ2n) is 29.2. The van der Waals surface area contributed by atoms with Gasteiger partial charge in [0, 0.05) is 6.42 Å². The first kappa shape index (κ1) is 96.4. The molecule has 19 heteroatoms. The summed E-state index contributed by atoms with van der Waals surface area (Å²) < 4.78 is 34.4. The van der Waals surface area contributed by atoms with Gasteiger partial charge in [0.2, 0.25) is 5.91 Å². The lowest BCUT2D eigenvalue weighted by atomic mass is 9.96. The lowest BCUT2D eigenvalue weighted by Gasteiger charge is -2.48. The molecular formula is C87H149NO18. The van der Waals surface area contributed by atoms with Crippen LogP contribution in [0.1, 0.15) is 290 Å². The van der Waals surface area contributed by atoms with Gasteiger partial charge in [-0.15, -0.1) is 0 Å². The van der Waals surface area contributed by atoms with Crippen molar-refractivity contribution in [2.75, 3.05) is 26.4 Å². The summed E-state index contributed by atoms with van der Waals surface area (Å²) in [4.78, 5) is 13.5. The minimum atomic E-state index is -1.99. The molecular weight excluding hydrogens is 1350 g/mol. The van der Waals surface area contributed by atoms with Crippen LogP contribution in [-0.2, 0) is 33.2 Å². The number of hydrogen-bond acceptors (Lipinski definition) is 18. The summed E-state index contributed by atoms with van der Waals surface area (Å²) in [5.41, 5.74) is 0. The van der Waals surface area contributed by atoms with E-state index in [1.165, 1.54) is 167 Å². The van der Waals surface area contributed by atoms with Crippen molar-refractivity contribution < 1.29 is 89.4 Å². The minimum Gasteiger partial charge on any atom is -0.394 e. The van der Waals surface area contributed by atoms with Crippen LogP contribution in [0.4, 0.5) is 0 Å². The highest BCUT2D eigenvalue weighted by Crippen LogP contribution is 2.33. The Bertz CT molecular complexity index is 2390. The number of aliphatic hydroxyl groups excluding tert-OH is 11. The highest BCUT2D eigenvalue weighted by atomic mass is 16.8. The molecule has 17 unspecified atom stereocenters.